The van der Waals surface area contributed by atoms with Gasteiger partial charge in [-0.15, -0.1) is 0 Å². The third-order valence-electron chi connectivity index (χ3n) is 4.23. The topological polar surface area (TPSA) is 113 Å². The van der Waals surface area contributed by atoms with Crippen molar-refractivity contribution in [1.82, 2.24) is 0 Å². The highest BCUT2D eigenvalue weighted by Gasteiger charge is 2.32. The van der Waals surface area contributed by atoms with Gasteiger partial charge in [-0.05, 0) is 56.2 Å². The summed E-state index contributed by atoms with van der Waals surface area (Å²) < 4.78 is 5.33. The number of carbonyl (C=O) groups excluding carboxylic acids is 1. The maximum atomic E-state index is 12.5. The molecule has 2 aromatic rings. The number of nitrogens with two attached hydrogens (primary N) is 1. The predicted molar refractivity (Wildman–Crippen MR) is 110 cm³/mol. The molecule has 0 aliphatic heterocycles. The van der Waals surface area contributed by atoms with Crippen LogP contribution in [0.4, 0.5) is 0 Å². The number of carboxylic acid groups (broad SMARTS) is 1. The van der Waals surface area contributed by atoms with Crippen molar-refractivity contribution in [3.63, 3.8) is 0 Å². The number of nitriles is 1. The molecule has 0 fully saturated rings. The number of aliphatic carboxylic acids is 1. The molecule has 2 atom stereocenters. The van der Waals surface area contributed by atoms with Crippen LogP contribution in [-0.2, 0) is 14.3 Å². The first kappa shape index (κ1) is 22.4. The molecular formula is C22H23ClN2O4. The fraction of sp³-hybridized carbons (Fsp3) is 0.318. The molecule has 0 aliphatic rings. The summed E-state index contributed by atoms with van der Waals surface area (Å²) in [5.74, 6) is -2.57. The lowest BCUT2D eigenvalue weighted by atomic mass is 9.87. The number of hydrogen-bond acceptors (Lipinski definition) is 5. The van der Waals surface area contributed by atoms with E-state index in [1.54, 1.807) is 63.2 Å². The molecule has 0 bridgehead atoms. The van der Waals surface area contributed by atoms with Crippen LogP contribution in [0.25, 0.3) is 11.1 Å². The summed E-state index contributed by atoms with van der Waals surface area (Å²) in [6.07, 6.45) is -0.348. The van der Waals surface area contributed by atoms with Crippen molar-refractivity contribution in [1.29, 1.82) is 5.26 Å². The van der Waals surface area contributed by atoms with Gasteiger partial charge in [0.1, 0.15) is 11.6 Å². The van der Waals surface area contributed by atoms with E-state index in [0.29, 0.717) is 27.3 Å². The van der Waals surface area contributed by atoms with Crippen LogP contribution in [0.3, 0.4) is 0 Å². The molecule has 1 unspecified atom stereocenters. The minimum Gasteiger partial charge on any atom is -0.481 e. The number of ether oxygens (including phenoxy) is 1. The quantitative estimate of drug-likeness (QED) is 0.687. The summed E-state index contributed by atoms with van der Waals surface area (Å²) >= 11 is 6.34. The number of hydrogen-bond donors (Lipinski definition) is 2. The van der Waals surface area contributed by atoms with Crippen molar-refractivity contribution in [3.8, 4) is 17.2 Å². The lowest BCUT2D eigenvalue weighted by Crippen LogP contribution is -2.42. The van der Waals surface area contributed by atoms with Crippen molar-refractivity contribution in [2.45, 2.75) is 44.8 Å². The first-order valence-corrected chi connectivity index (χ1v) is 9.40. The van der Waals surface area contributed by atoms with Gasteiger partial charge in [0.05, 0.1) is 18.1 Å². The molecule has 0 heterocycles. The summed E-state index contributed by atoms with van der Waals surface area (Å²) in [5.41, 5.74) is 7.70. The van der Waals surface area contributed by atoms with Gasteiger partial charge in [-0.25, -0.2) is 0 Å². The van der Waals surface area contributed by atoms with Crippen molar-refractivity contribution < 1.29 is 19.4 Å². The Morgan fingerprint density at radius 2 is 1.93 bits per heavy atom. The maximum absolute atomic E-state index is 12.5. The molecular weight excluding hydrogens is 392 g/mol. The van der Waals surface area contributed by atoms with Gasteiger partial charge in [-0.1, -0.05) is 29.8 Å². The van der Waals surface area contributed by atoms with E-state index < -0.39 is 29.5 Å². The van der Waals surface area contributed by atoms with Gasteiger partial charge in [0, 0.05) is 16.5 Å². The van der Waals surface area contributed by atoms with E-state index in [-0.39, 0.29) is 6.42 Å². The summed E-state index contributed by atoms with van der Waals surface area (Å²) in [7, 11) is 0. The van der Waals surface area contributed by atoms with E-state index in [4.69, 9.17) is 27.3 Å². The van der Waals surface area contributed by atoms with Gasteiger partial charge >= 0.3 is 11.9 Å². The largest absolute Gasteiger partial charge is 0.481 e. The molecule has 7 heteroatoms. The van der Waals surface area contributed by atoms with Gasteiger partial charge < -0.3 is 15.6 Å². The van der Waals surface area contributed by atoms with Crippen molar-refractivity contribution in [3.05, 3.63) is 58.6 Å². The Morgan fingerprint density at radius 1 is 1.24 bits per heavy atom. The molecule has 0 saturated heterocycles. The van der Waals surface area contributed by atoms with Crippen LogP contribution in [0, 0.1) is 11.3 Å². The van der Waals surface area contributed by atoms with Crippen molar-refractivity contribution >= 4 is 23.5 Å². The Labute approximate surface area is 174 Å². The lowest BCUT2D eigenvalue weighted by Gasteiger charge is -2.27. The molecule has 29 heavy (non-hydrogen) atoms. The molecule has 2 rings (SSSR count). The van der Waals surface area contributed by atoms with Crippen LogP contribution in [0.1, 0.15) is 44.2 Å². The van der Waals surface area contributed by atoms with E-state index in [2.05, 4.69) is 6.07 Å². The summed E-state index contributed by atoms with van der Waals surface area (Å²) in [6.45, 7) is 5.14. The van der Waals surface area contributed by atoms with Gasteiger partial charge in [0.15, 0.2) is 0 Å². The number of nitrogens with zero attached hydrogens (tertiary/aromatic N) is 1. The molecule has 6 nitrogen and oxygen atoms in total. The number of carboxylic acids is 1. The van der Waals surface area contributed by atoms with Gasteiger partial charge in [-0.2, -0.15) is 5.26 Å². The Bertz CT molecular complexity index is 960. The van der Waals surface area contributed by atoms with E-state index in [9.17, 15) is 14.7 Å². The molecule has 0 aliphatic carbocycles. The Balaban J connectivity index is 2.48. The minimum atomic E-state index is -1.16. The van der Waals surface area contributed by atoms with Gasteiger partial charge in [0.2, 0.25) is 0 Å². The molecule has 3 N–H and O–H groups in total. The average Bonchev–Trinajstić information content (AvgIpc) is 2.64. The highest BCUT2D eigenvalue weighted by atomic mass is 35.5. The number of carbonyl (C=O) groups is 2. The maximum Gasteiger partial charge on any atom is 0.324 e. The highest BCUT2D eigenvalue weighted by Crippen LogP contribution is 2.34. The number of esters is 1. The second-order valence-electron chi connectivity index (χ2n) is 7.70. The minimum absolute atomic E-state index is 0.348. The number of halogens is 1. The summed E-state index contributed by atoms with van der Waals surface area (Å²) in [5, 5.41) is 18.9. The SMILES string of the molecule is CC(C)(C)OC(=O)C(N)[C@H](CC(=O)O)c1ccc(Cl)c(-c2cccc(C#N)c2)c1. The van der Waals surface area contributed by atoms with Crippen molar-refractivity contribution in [2.75, 3.05) is 0 Å². The summed E-state index contributed by atoms with van der Waals surface area (Å²) in [4.78, 5) is 23.9. The lowest BCUT2D eigenvalue weighted by molar-refractivity contribution is -0.157. The van der Waals surface area contributed by atoms with Gasteiger partial charge in [0.25, 0.3) is 0 Å². The highest BCUT2D eigenvalue weighted by molar-refractivity contribution is 6.33. The van der Waals surface area contributed by atoms with E-state index in [1.165, 1.54) is 0 Å². The number of rotatable bonds is 6. The smallest absolute Gasteiger partial charge is 0.324 e. The van der Waals surface area contributed by atoms with E-state index >= 15 is 0 Å². The molecule has 0 saturated carbocycles. The third-order valence-corrected chi connectivity index (χ3v) is 4.56. The average molecular weight is 415 g/mol. The monoisotopic (exact) mass is 414 g/mol. The van der Waals surface area contributed by atoms with Crippen LogP contribution in [-0.4, -0.2) is 28.7 Å². The molecule has 152 valence electrons. The van der Waals surface area contributed by atoms with Crippen LogP contribution in [0.5, 0.6) is 0 Å². The predicted octanol–water partition coefficient (Wildman–Crippen LogP) is 4.11. The molecule has 0 radical (unpaired) electrons. The Hall–Kier alpha value is -2.88. The second kappa shape index (κ2) is 9.08. The number of benzene rings is 2. The zero-order valence-electron chi connectivity index (χ0n) is 16.5. The molecule has 0 aromatic heterocycles. The Kier molecular flexibility index (Phi) is 7.02. The molecule has 2 aromatic carbocycles. The van der Waals surface area contributed by atoms with Crippen LogP contribution in [0.15, 0.2) is 42.5 Å². The fourth-order valence-corrected chi connectivity index (χ4v) is 3.15. The zero-order valence-corrected chi connectivity index (χ0v) is 17.2. The first-order chi connectivity index (χ1) is 13.5. The van der Waals surface area contributed by atoms with E-state index in [1.807, 2.05) is 0 Å². The summed E-state index contributed by atoms with van der Waals surface area (Å²) in [6, 6.07) is 12.8. The van der Waals surface area contributed by atoms with Crippen LogP contribution < -0.4 is 5.73 Å². The normalized spacial score (nSPS) is 13.2. The first-order valence-electron chi connectivity index (χ1n) is 9.02. The van der Waals surface area contributed by atoms with Crippen molar-refractivity contribution in [2.24, 2.45) is 5.73 Å². The standard InChI is InChI=1S/C22H23ClN2O4/c1-22(2,3)29-21(28)20(25)17(11-19(26)27)15-7-8-18(23)16(10-15)14-6-4-5-13(9-14)12-24/h4-10,17,20H,11,25H2,1-3H3,(H,26,27)/t17-,20?/m1/s1. The Morgan fingerprint density at radius 3 is 2.52 bits per heavy atom. The molecule has 0 amide bonds. The van der Waals surface area contributed by atoms with E-state index in [0.717, 1.165) is 0 Å². The third kappa shape index (κ3) is 6.05. The second-order valence-corrected chi connectivity index (χ2v) is 8.10. The zero-order chi connectivity index (χ0) is 21.8. The van der Waals surface area contributed by atoms with Crippen LogP contribution in [0.2, 0.25) is 5.02 Å². The van der Waals surface area contributed by atoms with Gasteiger partial charge in [-0.3, -0.25) is 9.59 Å². The van der Waals surface area contributed by atoms with Crippen LogP contribution >= 0.6 is 11.6 Å². The fourth-order valence-electron chi connectivity index (χ4n) is 2.93. The molecule has 0 spiro atoms.